The zero-order valence-electron chi connectivity index (χ0n) is 16.9. The van der Waals surface area contributed by atoms with Crippen molar-refractivity contribution in [3.05, 3.63) is 76.8 Å². The van der Waals surface area contributed by atoms with Crippen LogP contribution in [0.3, 0.4) is 0 Å². The summed E-state index contributed by atoms with van der Waals surface area (Å²) in [5, 5.41) is 2.20. The Labute approximate surface area is 176 Å². The van der Waals surface area contributed by atoms with Crippen molar-refractivity contribution in [2.24, 2.45) is 0 Å². The number of carbonyl (C=O) groups is 1. The summed E-state index contributed by atoms with van der Waals surface area (Å²) < 4.78 is 26.7. The van der Waals surface area contributed by atoms with E-state index in [0.29, 0.717) is 26.2 Å². The van der Waals surface area contributed by atoms with Crippen LogP contribution in [0.1, 0.15) is 21.6 Å². The molecule has 1 aliphatic heterocycles. The van der Waals surface area contributed by atoms with Crippen LogP contribution < -0.4 is 0 Å². The maximum absolute atomic E-state index is 12.9. The number of sulfonamides is 1. The van der Waals surface area contributed by atoms with Crippen molar-refractivity contribution >= 4 is 32.8 Å². The standard InChI is InChI=1S/C23H25N3O3S/c1-18-23(20-9-5-6-10-21(20)24-18)22(27)17-25-12-14-26(15-13-25)30(28,29)16-11-19-7-3-2-4-8-19/h2-11,16,24H,12-15,17H2,1H3. The van der Waals surface area contributed by atoms with Gasteiger partial charge in [-0.2, -0.15) is 4.31 Å². The van der Waals surface area contributed by atoms with Gasteiger partial charge in [0.15, 0.2) is 5.78 Å². The topological polar surface area (TPSA) is 73.5 Å². The van der Waals surface area contributed by atoms with Gasteiger partial charge in [0.25, 0.3) is 0 Å². The molecule has 0 spiro atoms. The van der Waals surface area contributed by atoms with Gasteiger partial charge >= 0.3 is 0 Å². The van der Waals surface area contributed by atoms with Crippen LogP contribution >= 0.6 is 0 Å². The summed E-state index contributed by atoms with van der Waals surface area (Å²) in [6.45, 7) is 4.02. The molecule has 7 heteroatoms. The lowest BCUT2D eigenvalue weighted by molar-refractivity contribution is 0.0903. The fraction of sp³-hybridized carbons (Fsp3) is 0.261. The van der Waals surface area contributed by atoms with Gasteiger partial charge in [0.1, 0.15) is 0 Å². The van der Waals surface area contributed by atoms with Crippen LogP contribution in [0.5, 0.6) is 0 Å². The monoisotopic (exact) mass is 423 g/mol. The number of hydrogen-bond acceptors (Lipinski definition) is 4. The maximum Gasteiger partial charge on any atom is 0.236 e. The number of nitrogens with zero attached hydrogens (tertiary/aromatic N) is 2. The number of aromatic amines is 1. The van der Waals surface area contributed by atoms with Gasteiger partial charge in [0, 0.05) is 53.7 Å². The first kappa shape index (κ1) is 20.5. The van der Waals surface area contributed by atoms with E-state index >= 15 is 0 Å². The highest BCUT2D eigenvalue weighted by Gasteiger charge is 2.27. The number of aryl methyl sites for hydroxylation is 1. The van der Waals surface area contributed by atoms with Crippen molar-refractivity contribution in [3.63, 3.8) is 0 Å². The molecule has 1 fully saturated rings. The van der Waals surface area contributed by atoms with Crippen molar-refractivity contribution in [1.29, 1.82) is 0 Å². The van der Waals surface area contributed by atoms with Gasteiger partial charge in [-0.3, -0.25) is 9.69 Å². The minimum absolute atomic E-state index is 0.0604. The first-order chi connectivity index (χ1) is 14.4. The second-order valence-electron chi connectivity index (χ2n) is 7.53. The van der Waals surface area contributed by atoms with Gasteiger partial charge in [0.2, 0.25) is 10.0 Å². The molecule has 6 nitrogen and oxygen atoms in total. The zero-order chi connectivity index (χ0) is 21.1. The van der Waals surface area contributed by atoms with E-state index < -0.39 is 10.0 Å². The van der Waals surface area contributed by atoms with Gasteiger partial charge in [0.05, 0.1) is 6.54 Å². The normalized spacial score (nSPS) is 16.4. The molecule has 30 heavy (non-hydrogen) atoms. The van der Waals surface area contributed by atoms with Gasteiger partial charge in [-0.25, -0.2) is 8.42 Å². The summed E-state index contributed by atoms with van der Waals surface area (Å²) in [5.41, 5.74) is 3.40. The van der Waals surface area contributed by atoms with E-state index in [1.54, 1.807) is 6.08 Å². The van der Waals surface area contributed by atoms with Gasteiger partial charge in [-0.1, -0.05) is 48.5 Å². The summed E-state index contributed by atoms with van der Waals surface area (Å²) in [6.07, 6.45) is 1.62. The predicted molar refractivity (Wildman–Crippen MR) is 120 cm³/mol. The molecule has 3 aromatic rings. The molecule has 0 atom stereocenters. The number of nitrogens with one attached hydrogen (secondary N) is 1. The number of rotatable bonds is 6. The molecule has 2 aromatic carbocycles. The summed E-state index contributed by atoms with van der Waals surface area (Å²) >= 11 is 0. The van der Waals surface area contributed by atoms with Crippen LogP contribution in [0.15, 0.2) is 60.0 Å². The molecule has 1 N–H and O–H groups in total. The Morgan fingerprint density at radius 3 is 2.40 bits per heavy atom. The summed E-state index contributed by atoms with van der Waals surface area (Å²) in [4.78, 5) is 18.2. The largest absolute Gasteiger partial charge is 0.358 e. The second kappa shape index (κ2) is 8.55. The molecule has 1 aliphatic rings. The van der Waals surface area contributed by atoms with E-state index in [9.17, 15) is 13.2 Å². The summed E-state index contributed by atoms with van der Waals surface area (Å²) in [6, 6.07) is 17.2. The molecule has 0 bridgehead atoms. The molecular weight excluding hydrogens is 398 g/mol. The number of H-pyrrole nitrogens is 1. The van der Waals surface area contributed by atoms with E-state index in [-0.39, 0.29) is 12.3 Å². The van der Waals surface area contributed by atoms with E-state index in [1.807, 2.05) is 66.4 Å². The smallest absolute Gasteiger partial charge is 0.236 e. The average Bonchev–Trinajstić information content (AvgIpc) is 3.09. The first-order valence-corrected chi connectivity index (χ1v) is 11.5. The molecule has 0 amide bonds. The van der Waals surface area contributed by atoms with Crippen LogP contribution in [0, 0.1) is 6.92 Å². The summed E-state index contributed by atoms with van der Waals surface area (Å²) in [5.74, 6) is 0.0604. The molecule has 4 rings (SSSR count). The number of para-hydroxylation sites is 1. The Kier molecular flexibility index (Phi) is 5.85. The Hall–Kier alpha value is -2.74. The second-order valence-corrected chi connectivity index (χ2v) is 9.35. The summed E-state index contributed by atoms with van der Waals surface area (Å²) in [7, 11) is -3.48. The van der Waals surface area contributed by atoms with Gasteiger partial charge in [-0.05, 0) is 24.6 Å². The molecule has 2 heterocycles. The van der Waals surface area contributed by atoms with Crippen LogP contribution in [-0.4, -0.2) is 61.1 Å². The lowest BCUT2D eigenvalue weighted by Crippen LogP contribution is -2.49. The maximum atomic E-state index is 12.9. The lowest BCUT2D eigenvalue weighted by Gasteiger charge is -2.32. The Balaban J connectivity index is 1.38. The average molecular weight is 424 g/mol. The lowest BCUT2D eigenvalue weighted by atomic mass is 10.1. The molecule has 0 saturated carbocycles. The van der Waals surface area contributed by atoms with E-state index in [4.69, 9.17) is 0 Å². The van der Waals surface area contributed by atoms with Crippen LogP contribution in [0.4, 0.5) is 0 Å². The third-order valence-corrected chi connectivity index (χ3v) is 7.03. The van der Waals surface area contributed by atoms with Crippen LogP contribution in [0.2, 0.25) is 0 Å². The van der Waals surface area contributed by atoms with Crippen LogP contribution in [-0.2, 0) is 10.0 Å². The number of ketones is 1. The zero-order valence-corrected chi connectivity index (χ0v) is 17.7. The Bertz CT molecular complexity index is 1170. The molecule has 0 aliphatic carbocycles. The third-order valence-electron chi connectivity index (χ3n) is 5.46. The highest BCUT2D eigenvalue weighted by Crippen LogP contribution is 2.23. The van der Waals surface area contributed by atoms with Crippen molar-refractivity contribution < 1.29 is 13.2 Å². The highest BCUT2D eigenvalue weighted by atomic mass is 32.2. The molecule has 1 saturated heterocycles. The number of carbonyl (C=O) groups excluding carboxylic acids is 1. The number of benzene rings is 2. The quantitative estimate of drug-likeness (QED) is 0.618. The molecule has 0 unspecified atom stereocenters. The molecule has 1 aromatic heterocycles. The van der Waals surface area contributed by atoms with Crippen molar-refractivity contribution in [2.75, 3.05) is 32.7 Å². The number of hydrogen-bond donors (Lipinski definition) is 1. The highest BCUT2D eigenvalue weighted by molar-refractivity contribution is 7.92. The van der Waals surface area contributed by atoms with E-state index in [1.165, 1.54) is 9.71 Å². The van der Waals surface area contributed by atoms with Gasteiger partial charge < -0.3 is 4.98 Å². The van der Waals surface area contributed by atoms with Crippen LogP contribution in [0.25, 0.3) is 17.0 Å². The number of Topliss-reactive ketones (excluding diaryl/α,β-unsaturated/α-hetero) is 1. The molecule has 156 valence electrons. The molecule has 0 radical (unpaired) electrons. The van der Waals surface area contributed by atoms with Crippen molar-refractivity contribution in [3.8, 4) is 0 Å². The first-order valence-electron chi connectivity index (χ1n) is 10.0. The predicted octanol–water partition coefficient (Wildman–Crippen LogP) is 3.28. The third kappa shape index (κ3) is 4.38. The Morgan fingerprint density at radius 1 is 1.00 bits per heavy atom. The van der Waals surface area contributed by atoms with E-state index in [2.05, 4.69) is 4.98 Å². The van der Waals surface area contributed by atoms with Crippen molar-refractivity contribution in [2.45, 2.75) is 6.92 Å². The minimum Gasteiger partial charge on any atom is -0.358 e. The van der Waals surface area contributed by atoms with Gasteiger partial charge in [-0.15, -0.1) is 0 Å². The van der Waals surface area contributed by atoms with E-state index in [0.717, 1.165) is 27.7 Å². The SMILES string of the molecule is Cc1[nH]c2ccccc2c1C(=O)CN1CCN(S(=O)(=O)C=Cc2ccccc2)CC1. The molecular formula is C23H25N3O3S. The number of piperazine rings is 1. The number of aromatic nitrogens is 1. The Morgan fingerprint density at radius 2 is 1.67 bits per heavy atom. The van der Waals surface area contributed by atoms with Crippen molar-refractivity contribution in [1.82, 2.24) is 14.2 Å². The fourth-order valence-electron chi connectivity index (χ4n) is 3.87. The minimum atomic E-state index is -3.48. The number of fused-ring (bicyclic) bond motifs is 1. The fourth-order valence-corrected chi connectivity index (χ4v) is 5.05.